The fourth-order valence-electron chi connectivity index (χ4n) is 3.20. The highest BCUT2D eigenvalue weighted by Gasteiger charge is 2.21. The van der Waals surface area contributed by atoms with Crippen molar-refractivity contribution in [1.29, 1.82) is 0 Å². The molecule has 0 spiro atoms. The molecule has 31 heavy (non-hydrogen) atoms. The van der Waals surface area contributed by atoms with Crippen LogP contribution in [-0.2, 0) is 11.3 Å². The number of nitrogens with one attached hydrogen (secondary N) is 2. The van der Waals surface area contributed by atoms with Crippen LogP contribution in [0.1, 0.15) is 27.5 Å². The van der Waals surface area contributed by atoms with Crippen LogP contribution in [0.3, 0.4) is 0 Å². The van der Waals surface area contributed by atoms with E-state index < -0.39 is 11.8 Å². The number of aryl methyl sites for hydroxylation is 3. The zero-order valence-electron chi connectivity index (χ0n) is 17.4. The summed E-state index contributed by atoms with van der Waals surface area (Å²) in [6.45, 7) is 5.52. The van der Waals surface area contributed by atoms with Crippen molar-refractivity contribution in [2.45, 2.75) is 27.3 Å². The van der Waals surface area contributed by atoms with E-state index in [2.05, 4.69) is 21.0 Å². The Kier molecular flexibility index (Phi) is 5.40. The molecule has 2 amide bonds. The Bertz CT molecular complexity index is 1240. The van der Waals surface area contributed by atoms with Crippen LogP contribution in [-0.4, -0.2) is 31.4 Å². The largest absolute Gasteiger partial charge is 0.460 e. The SMILES string of the molecule is Cc1cc(C)n(CC(=O)NNC(=O)c2cn(-c3ccccc3)nc2-c2ccc(C)o2)n1. The number of nitrogens with zero attached hydrogens (tertiary/aromatic N) is 4. The third-order valence-corrected chi connectivity index (χ3v) is 4.67. The van der Waals surface area contributed by atoms with Crippen LogP contribution >= 0.6 is 0 Å². The third-order valence-electron chi connectivity index (χ3n) is 4.67. The fraction of sp³-hybridized carbons (Fsp3) is 0.182. The van der Waals surface area contributed by atoms with Crippen LogP contribution in [0, 0.1) is 20.8 Å². The second-order valence-corrected chi connectivity index (χ2v) is 7.17. The van der Waals surface area contributed by atoms with Gasteiger partial charge < -0.3 is 4.42 Å². The third kappa shape index (κ3) is 4.40. The standard InChI is InChI=1S/C22H22N6O3/c1-14-11-15(2)27(25-14)13-20(29)23-24-22(30)18-12-28(17-7-5-4-6-8-17)26-21(18)19-10-9-16(3)31-19/h4-12H,13H2,1-3H3,(H,23,29)(H,24,30). The zero-order chi connectivity index (χ0) is 22.0. The van der Waals surface area contributed by atoms with E-state index >= 15 is 0 Å². The molecule has 3 aromatic heterocycles. The summed E-state index contributed by atoms with van der Waals surface area (Å²) in [5.41, 5.74) is 8.00. The lowest BCUT2D eigenvalue weighted by atomic mass is 10.2. The highest BCUT2D eigenvalue weighted by Crippen LogP contribution is 2.25. The van der Waals surface area contributed by atoms with Gasteiger partial charge in [0, 0.05) is 11.9 Å². The number of hydrazine groups is 1. The van der Waals surface area contributed by atoms with Gasteiger partial charge in [-0.2, -0.15) is 10.2 Å². The Labute approximate surface area is 178 Å². The first-order chi connectivity index (χ1) is 14.9. The number of benzene rings is 1. The van der Waals surface area contributed by atoms with Gasteiger partial charge in [-0.1, -0.05) is 18.2 Å². The maximum atomic E-state index is 12.9. The topological polar surface area (TPSA) is 107 Å². The lowest BCUT2D eigenvalue weighted by Crippen LogP contribution is -2.43. The van der Waals surface area contributed by atoms with E-state index in [1.54, 1.807) is 27.7 Å². The molecular formula is C22H22N6O3. The molecule has 4 rings (SSSR count). The molecule has 0 aliphatic heterocycles. The highest BCUT2D eigenvalue weighted by atomic mass is 16.3. The van der Waals surface area contributed by atoms with Crippen molar-refractivity contribution in [3.05, 3.63) is 77.4 Å². The quantitative estimate of drug-likeness (QED) is 0.485. The van der Waals surface area contributed by atoms with E-state index in [9.17, 15) is 9.59 Å². The maximum Gasteiger partial charge on any atom is 0.273 e. The van der Waals surface area contributed by atoms with Crippen LogP contribution in [0.25, 0.3) is 17.1 Å². The lowest BCUT2D eigenvalue weighted by Gasteiger charge is -2.08. The first kappa shape index (κ1) is 20.1. The van der Waals surface area contributed by atoms with E-state index in [1.165, 1.54) is 0 Å². The Morgan fingerprint density at radius 3 is 2.42 bits per heavy atom. The second-order valence-electron chi connectivity index (χ2n) is 7.17. The molecule has 3 heterocycles. The molecule has 0 aliphatic rings. The summed E-state index contributed by atoms with van der Waals surface area (Å²) in [6, 6.07) is 14.8. The summed E-state index contributed by atoms with van der Waals surface area (Å²) in [6.07, 6.45) is 1.60. The minimum atomic E-state index is -0.507. The van der Waals surface area contributed by atoms with E-state index in [4.69, 9.17) is 4.42 Å². The predicted octanol–water partition coefficient (Wildman–Crippen LogP) is 2.72. The molecule has 0 saturated heterocycles. The van der Waals surface area contributed by atoms with Crippen molar-refractivity contribution in [3.8, 4) is 17.1 Å². The van der Waals surface area contributed by atoms with Gasteiger partial charge in [0.2, 0.25) is 0 Å². The minimum absolute atomic E-state index is 0.00648. The van der Waals surface area contributed by atoms with Crippen LogP contribution in [0.4, 0.5) is 0 Å². The molecule has 0 unspecified atom stereocenters. The lowest BCUT2D eigenvalue weighted by molar-refractivity contribution is -0.122. The van der Waals surface area contributed by atoms with E-state index in [1.807, 2.05) is 57.2 Å². The number of para-hydroxylation sites is 1. The number of carbonyl (C=O) groups is 2. The van der Waals surface area contributed by atoms with Gasteiger partial charge >= 0.3 is 0 Å². The number of amides is 2. The van der Waals surface area contributed by atoms with Crippen LogP contribution in [0.15, 0.2) is 59.1 Å². The molecule has 0 atom stereocenters. The molecule has 1 aromatic carbocycles. The summed E-state index contributed by atoms with van der Waals surface area (Å²) in [7, 11) is 0. The van der Waals surface area contributed by atoms with Crippen LogP contribution in [0.2, 0.25) is 0 Å². The van der Waals surface area contributed by atoms with Crippen molar-refractivity contribution in [2.24, 2.45) is 0 Å². The zero-order valence-corrected chi connectivity index (χ0v) is 17.4. The van der Waals surface area contributed by atoms with Gasteiger partial charge in [0.25, 0.3) is 11.8 Å². The first-order valence-electron chi connectivity index (χ1n) is 9.73. The van der Waals surface area contributed by atoms with Crippen molar-refractivity contribution in [3.63, 3.8) is 0 Å². The summed E-state index contributed by atoms with van der Waals surface area (Å²) >= 11 is 0. The molecule has 158 valence electrons. The van der Waals surface area contributed by atoms with Crippen molar-refractivity contribution >= 4 is 11.8 Å². The van der Waals surface area contributed by atoms with Crippen molar-refractivity contribution in [2.75, 3.05) is 0 Å². The maximum absolute atomic E-state index is 12.9. The van der Waals surface area contributed by atoms with E-state index in [0.717, 1.165) is 17.1 Å². The molecule has 0 aliphatic carbocycles. The second kappa shape index (κ2) is 8.31. The van der Waals surface area contributed by atoms with Gasteiger partial charge in [-0.3, -0.25) is 25.1 Å². The van der Waals surface area contributed by atoms with Gasteiger partial charge in [-0.05, 0) is 51.1 Å². The number of hydrogen-bond donors (Lipinski definition) is 2. The average molecular weight is 418 g/mol. The molecule has 0 saturated carbocycles. The number of furan rings is 1. The van der Waals surface area contributed by atoms with Gasteiger partial charge in [-0.15, -0.1) is 0 Å². The summed E-state index contributed by atoms with van der Waals surface area (Å²) in [5, 5.41) is 8.78. The van der Waals surface area contributed by atoms with Crippen LogP contribution in [0.5, 0.6) is 0 Å². The first-order valence-corrected chi connectivity index (χ1v) is 9.73. The van der Waals surface area contributed by atoms with Crippen LogP contribution < -0.4 is 10.9 Å². The minimum Gasteiger partial charge on any atom is -0.460 e. The highest BCUT2D eigenvalue weighted by molar-refractivity contribution is 6.00. The molecule has 4 aromatic rings. The monoisotopic (exact) mass is 418 g/mol. The normalized spacial score (nSPS) is 10.8. The number of carbonyl (C=O) groups excluding carboxylic acids is 2. The predicted molar refractivity (Wildman–Crippen MR) is 113 cm³/mol. The number of rotatable bonds is 5. The molecule has 9 heteroatoms. The Morgan fingerprint density at radius 2 is 1.77 bits per heavy atom. The number of aromatic nitrogens is 4. The summed E-state index contributed by atoms with van der Waals surface area (Å²) < 4.78 is 8.84. The van der Waals surface area contributed by atoms with Gasteiger partial charge in [-0.25, -0.2) is 4.68 Å². The smallest absolute Gasteiger partial charge is 0.273 e. The molecule has 0 bridgehead atoms. The average Bonchev–Trinajstić information content (AvgIpc) is 3.45. The van der Waals surface area contributed by atoms with Gasteiger partial charge in [0.05, 0.1) is 16.9 Å². The van der Waals surface area contributed by atoms with Crippen molar-refractivity contribution in [1.82, 2.24) is 30.4 Å². The summed E-state index contributed by atoms with van der Waals surface area (Å²) in [5.74, 6) is 0.262. The molecular weight excluding hydrogens is 396 g/mol. The van der Waals surface area contributed by atoms with Gasteiger partial charge in [0.1, 0.15) is 18.0 Å². The summed E-state index contributed by atoms with van der Waals surface area (Å²) in [4.78, 5) is 25.1. The Morgan fingerprint density at radius 1 is 1.00 bits per heavy atom. The van der Waals surface area contributed by atoms with E-state index in [-0.39, 0.29) is 12.1 Å². The molecule has 0 fully saturated rings. The van der Waals surface area contributed by atoms with Gasteiger partial charge in [0.15, 0.2) is 5.76 Å². The Balaban J connectivity index is 1.54. The van der Waals surface area contributed by atoms with E-state index in [0.29, 0.717) is 17.2 Å². The Hall–Kier alpha value is -4.14. The fourth-order valence-corrected chi connectivity index (χ4v) is 3.20. The molecule has 2 N–H and O–H groups in total. The molecule has 9 nitrogen and oxygen atoms in total. The van der Waals surface area contributed by atoms with Crippen molar-refractivity contribution < 1.29 is 14.0 Å². The molecule has 0 radical (unpaired) electrons. The number of hydrogen-bond acceptors (Lipinski definition) is 5.